The van der Waals surface area contributed by atoms with Gasteiger partial charge in [-0.2, -0.15) is 0 Å². The smallest absolute Gasteiger partial charge is 0.242 e. The molecule has 2 aliphatic heterocycles. The summed E-state index contributed by atoms with van der Waals surface area (Å²) in [6, 6.07) is 22.7. The molecule has 3 atom stereocenters. The third-order valence-corrected chi connectivity index (χ3v) is 7.35. The van der Waals surface area contributed by atoms with Crippen LogP contribution < -0.4 is 0 Å². The predicted octanol–water partition coefficient (Wildman–Crippen LogP) is 3.84. The molecule has 5 rings (SSSR count). The summed E-state index contributed by atoms with van der Waals surface area (Å²) in [5, 5.41) is 0. The molecule has 2 aliphatic rings. The Kier molecular flexibility index (Phi) is 6.64. The van der Waals surface area contributed by atoms with E-state index in [0.717, 1.165) is 12.1 Å². The van der Waals surface area contributed by atoms with Gasteiger partial charge in [0.1, 0.15) is 0 Å². The Morgan fingerprint density at radius 2 is 1.83 bits per heavy atom. The molecular weight excluding hydrogens is 438 g/mol. The van der Waals surface area contributed by atoms with Crippen molar-refractivity contribution in [2.24, 2.45) is 0 Å². The molecule has 2 saturated heterocycles. The number of pyridine rings is 1. The van der Waals surface area contributed by atoms with Crippen LogP contribution in [0.4, 0.5) is 0 Å². The summed E-state index contributed by atoms with van der Waals surface area (Å²) in [7, 11) is 1.68. The molecule has 0 saturated carbocycles. The van der Waals surface area contributed by atoms with Crippen LogP contribution in [0, 0.1) is 6.92 Å². The van der Waals surface area contributed by atoms with Gasteiger partial charge in [0.25, 0.3) is 0 Å². The maximum absolute atomic E-state index is 13.2. The lowest BCUT2D eigenvalue weighted by Crippen LogP contribution is -2.65. The number of amides is 2. The van der Waals surface area contributed by atoms with E-state index >= 15 is 0 Å². The highest BCUT2D eigenvalue weighted by Crippen LogP contribution is 2.44. The summed E-state index contributed by atoms with van der Waals surface area (Å²) in [5.41, 5.74) is 5.61. The van der Waals surface area contributed by atoms with E-state index in [1.54, 1.807) is 18.2 Å². The first-order chi connectivity index (χ1) is 17.1. The Bertz CT molecular complexity index is 1200. The summed E-state index contributed by atoms with van der Waals surface area (Å²) in [6.07, 6.45) is 2.65. The fraction of sp³-hybridized carbons (Fsp3) is 0.345. The number of hydrogen-bond acceptors (Lipinski definition) is 4. The number of aryl methyl sites for hydroxylation is 1. The molecule has 0 aliphatic carbocycles. The SMILES string of the molecule is COC[C@@H]1[C@@H](c2ccc(-c3ccccc3C)cc2)[C@@H]2CCN(C(=O)Cc3ccccn3)CC(=O)N12. The lowest BCUT2D eigenvalue weighted by Gasteiger charge is -2.54. The Labute approximate surface area is 206 Å². The van der Waals surface area contributed by atoms with Crippen LogP contribution >= 0.6 is 0 Å². The summed E-state index contributed by atoms with van der Waals surface area (Å²) in [4.78, 5) is 34.1. The van der Waals surface area contributed by atoms with Crippen molar-refractivity contribution < 1.29 is 14.3 Å². The molecule has 1 aromatic heterocycles. The van der Waals surface area contributed by atoms with Gasteiger partial charge >= 0.3 is 0 Å². The number of hydrogen-bond donors (Lipinski definition) is 0. The molecule has 6 heteroatoms. The highest BCUT2D eigenvalue weighted by Gasteiger charge is 2.52. The van der Waals surface area contributed by atoms with Crippen molar-refractivity contribution in [3.8, 4) is 11.1 Å². The van der Waals surface area contributed by atoms with Crippen LogP contribution in [-0.2, 0) is 20.7 Å². The highest BCUT2D eigenvalue weighted by molar-refractivity contribution is 5.87. The van der Waals surface area contributed by atoms with Crippen molar-refractivity contribution in [3.05, 3.63) is 89.7 Å². The lowest BCUT2D eigenvalue weighted by atomic mass is 9.73. The molecule has 3 aromatic rings. The zero-order chi connectivity index (χ0) is 24.4. The van der Waals surface area contributed by atoms with Crippen molar-refractivity contribution in [1.82, 2.24) is 14.8 Å². The molecule has 3 heterocycles. The van der Waals surface area contributed by atoms with Crippen LogP contribution in [0.5, 0.6) is 0 Å². The van der Waals surface area contributed by atoms with Crippen LogP contribution in [0.1, 0.15) is 29.2 Å². The number of carbonyl (C=O) groups excluding carboxylic acids is 2. The molecule has 2 aromatic carbocycles. The van der Waals surface area contributed by atoms with E-state index in [1.807, 2.05) is 23.1 Å². The number of fused-ring (bicyclic) bond motifs is 1. The average molecular weight is 470 g/mol. The van der Waals surface area contributed by atoms with E-state index in [1.165, 1.54) is 22.3 Å². The fourth-order valence-electron chi connectivity index (χ4n) is 5.61. The molecule has 180 valence electrons. The number of aromatic nitrogens is 1. The number of nitrogens with zero attached hydrogens (tertiary/aromatic N) is 3. The first kappa shape index (κ1) is 23.2. The van der Waals surface area contributed by atoms with Crippen LogP contribution in [-0.4, -0.2) is 65.5 Å². The minimum absolute atomic E-state index is 0.00305. The van der Waals surface area contributed by atoms with Crippen molar-refractivity contribution in [2.75, 3.05) is 26.8 Å². The Morgan fingerprint density at radius 3 is 2.54 bits per heavy atom. The molecule has 0 radical (unpaired) electrons. The van der Waals surface area contributed by atoms with E-state index in [0.29, 0.717) is 13.2 Å². The van der Waals surface area contributed by atoms with Crippen molar-refractivity contribution in [1.29, 1.82) is 0 Å². The van der Waals surface area contributed by atoms with E-state index < -0.39 is 0 Å². The van der Waals surface area contributed by atoms with E-state index in [-0.39, 0.29) is 42.8 Å². The second kappa shape index (κ2) is 10.0. The van der Waals surface area contributed by atoms with Crippen LogP contribution in [0.2, 0.25) is 0 Å². The maximum Gasteiger partial charge on any atom is 0.242 e. The largest absolute Gasteiger partial charge is 0.383 e. The van der Waals surface area contributed by atoms with E-state index in [2.05, 4.69) is 60.4 Å². The Hall–Kier alpha value is -3.51. The molecule has 0 unspecified atom stereocenters. The van der Waals surface area contributed by atoms with Gasteiger partial charge in [-0.3, -0.25) is 14.6 Å². The monoisotopic (exact) mass is 469 g/mol. The second-order valence-corrected chi connectivity index (χ2v) is 9.46. The minimum atomic E-state index is -0.0537. The quantitative estimate of drug-likeness (QED) is 0.550. The number of ether oxygens (including phenoxy) is 1. The normalized spacial score (nSPS) is 21.8. The third-order valence-electron chi connectivity index (χ3n) is 7.35. The molecule has 35 heavy (non-hydrogen) atoms. The molecule has 2 fully saturated rings. The number of rotatable bonds is 6. The van der Waals surface area contributed by atoms with Gasteiger partial charge in [-0.05, 0) is 47.7 Å². The first-order valence-corrected chi connectivity index (χ1v) is 12.2. The zero-order valence-corrected chi connectivity index (χ0v) is 20.3. The average Bonchev–Trinajstić information content (AvgIpc) is 3.00. The molecule has 6 nitrogen and oxygen atoms in total. The van der Waals surface area contributed by atoms with Gasteiger partial charge in [0.05, 0.1) is 25.6 Å². The topological polar surface area (TPSA) is 62.7 Å². The van der Waals surface area contributed by atoms with Gasteiger partial charge < -0.3 is 14.5 Å². The van der Waals surface area contributed by atoms with Gasteiger partial charge in [-0.15, -0.1) is 0 Å². The third kappa shape index (κ3) is 4.58. The lowest BCUT2D eigenvalue weighted by molar-refractivity contribution is -0.151. The maximum atomic E-state index is 13.2. The zero-order valence-electron chi connectivity index (χ0n) is 20.3. The summed E-state index contributed by atoms with van der Waals surface area (Å²) in [5.74, 6) is 0.134. The molecule has 0 spiro atoms. The molecule has 0 N–H and O–H groups in total. The molecular formula is C29H31N3O3. The fourth-order valence-corrected chi connectivity index (χ4v) is 5.61. The summed E-state index contributed by atoms with van der Waals surface area (Å²) < 4.78 is 5.52. The van der Waals surface area contributed by atoms with Crippen LogP contribution in [0.25, 0.3) is 11.1 Å². The first-order valence-electron chi connectivity index (χ1n) is 12.2. The van der Waals surface area contributed by atoms with Gasteiger partial charge in [-0.1, -0.05) is 54.6 Å². The van der Waals surface area contributed by atoms with Crippen molar-refractivity contribution >= 4 is 11.8 Å². The van der Waals surface area contributed by atoms with Gasteiger partial charge in [0.2, 0.25) is 11.8 Å². The predicted molar refractivity (Wildman–Crippen MR) is 135 cm³/mol. The summed E-state index contributed by atoms with van der Waals surface area (Å²) in [6.45, 7) is 3.28. The van der Waals surface area contributed by atoms with E-state index in [9.17, 15) is 9.59 Å². The molecule has 2 amide bonds. The van der Waals surface area contributed by atoms with Crippen LogP contribution in [0.3, 0.4) is 0 Å². The number of methoxy groups -OCH3 is 1. The standard InChI is InChI=1S/C29H31N3O3/c1-20-7-3-4-9-24(20)21-10-12-22(13-11-21)29-25-14-16-31(18-28(34)32(25)26(29)19-35-2)27(33)17-23-8-5-6-15-30-23/h3-13,15,25-26,29H,14,16-19H2,1-2H3/t25-,26+,29-/m0/s1. The molecule has 0 bridgehead atoms. The number of carbonyl (C=O) groups is 2. The van der Waals surface area contributed by atoms with Gasteiger partial charge in [0.15, 0.2) is 0 Å². The van der Waals surface area contributed by atoms with Crippen LogP contribution in [0.15, 0.2) is 72.9 Å². The van der Waals surface area contributed by atoms with E-state index in [4.69, 9.17) is 4.74 Å². The number of benzene rings is 2. The van der Waals surface area contributed by atoms with Gasteiger partial charge in [-0.25, -0.2) is 0 Å². The summed E-state index contributed by atoms with van der Waals surface area (Å²) >= 11 is 0. The Balaban J connectivity index is 1.34. The highest BCUT2D eigenvalue weighted by atomic mass is 16.5. The minimum Gasteiger partial charge on any atom is -0.383 e. The van der Waals surface area contributed by atoms with Crippen molar-refractivity contribution in [3.63, 3.8) is 0 Å². The second-order valence-electron chi connectivity index (χ2n) is 9.46. The Morgan fingerprint density at radius 1 is 1.06 bits per heavy atom. The van der Waals surface area contributed by atoms with Gasteiger partial charge in [0, 0.05) is 37.5 Å². The van der Waals surface area contributed by atoms with Crippen molar-refractivity contribution in [2.45, 2.75) is 37.8 Å².